The summed E-state index contributed by atoms with van der Waals surface area (Å²) < 4.78 is 0. The van der Waals surface area contributed by atoms with Gasteiger partial charge in [0.1, 0.15) is 0 Å². The van der Waals surface area contributed by atoms with Gasteiger partial charge in [-0.3, -0.25) is 9.59 Å². The fourth-order valence-corrected chi connectivity index (χ4v) is 1.60. The highest BCUT2D eigenvalue weighted by Crippen LogP contribution is 2.23. The maximum atomic E-state index is 11.7. The summed E-state index contributed by atoms with van der Waals surface area (Å²) in [5, 5.41) is 2.65. The van der Waals surface area contributed by atoms with E-state index in [1.54, 1.807) is 0 Å². The van der Waals surface area contributed by atoms with Crippen LogP contribution in [0.4, 0.5) is 5.69 Å². The van der Waals surface area contributed by atoms with Gasteiger partial charge in [0.05, 0.1) is 12.5 Å². The van der Waals surface area contributed by atoms with Crippen LogP contribution in [-0.4, -0.2) is 17.9 Å². The minimum Gasteiger partial charge on any atom is -0.370 e. The Morgan fingerprint density at radius 1 is 1.21 bits per heavy atom. The van der Waals surface area contributed by atoms with Gasteiger partial charge < -0.3 is 16.8 Å². The highest BCUT2D eigenvalue weighted by atomic mass is 16.2. The molecule has 19 heavy (non-hydrogen) atoms. The Bertz CT molecular complexity index is 461. The van der Waals surface area contributed by atoms with Gasteiger partial charge in [-0.05, 0) is 23.1 Å². The first kappa shape index (κ1) is 15.2. The lowest BCUT2D eigenvalue weighted by molar-refractivity contribution is -0.123. The molecule has 0 saturated carbocycles. The van der Waals surface area contributed by atoms with Crippen LogP contribution in [0, 0.1) is 0 Å². The predicted molar refractivity (Wildman–Crippen MR) is 75.6 cm³/mol. The van der Waals surface area contributed by atoms with Crippen molar-refractivity contribution < 1.29 is 9.59 Å². The molecule has 1 aromatic carbocycles. The standard InChI is InChI=1S/C14H21N3O2/c1-14(2,3)9-4-6-10(7-5-9)17-13(19)11(15)8-12(16)18/h4-7,11H,8,15H2,1-3H3,(H2,16,18)(H,17,19). The van der Waals surface area contributed by atoms with Crippen LogP contribution < -0.4 is 16.8 Å². The zero-order valence-electron chi connectivity index (χ0n) is 11.6. The van der Waals surface area contributed by atoms with E-state index in [2.05, 4.69) is 26.1 Å². The summed E-state index contributed by atoms with van der Waals surface area (Å²) in [5.41, 5.74) is 12.4. The molecule has 0 saturated heterocycles. The van der Waals surface area contributed by atoms with E-state index < -0.39 is 17.9 Å². The van der Waals surface area contributed by atoms with E-state index in [1.807, 2.05) is 24.3 Å². The monoisotopic (exact) mass is 263 g/mol. The Kier molecular flexibility index (Phi) is 4.67. The largest absolute Gasteiger partial charge is 0.370 e. The fourth-order valence-electron chi connectivity index (χ4n) is 1.60. The van der Waals surface area contributed by atoms with Crippen molar-refractivity contribution in [3.63, 3.8) is 0 Å². The first-order valence-corrected chi connectivity index (χ1v) is 6.15. The Morgan fingerprint density at radius 3 is 2.16 bits per heavy atom. The van der Waals surface area contributed by atoms with E-state index in [0.29, 0.717) is 5.69 Å². The summed E-state index contributed by atoms with van der Waals surface area (Å²) in [7, 11) is 0. The van der Waals surface area contributed by atoms with Crippen LogP contribution in [0.1, 0.15) is 32.8 Å². The van der Waals surface area contributed by atoms with Gasteiger partial charge in [-0.2, -0.15) is 0 Å². The molecule has 1 aromatic rings. The van der Waals surface area contributed by atoms with Crippen LogP contribution in [0.5, 0.6) is 0 Å². The second-order valence-corrected chi connectivity index (χ2v) is 5.59. The van der Waals surface area contributed by atoms with Crippen molar-refractivity contribution >= 4 is 17.5 Å². The number of carbonyl (C=O) groups is 2. The van der Waals surface area contributed by atoms with Gasteiger partial charge in [-0.15, -0.1) is 0 Å². The summed E-state index contributed by atoms with van der Waals surface area (Å²) in [5.74, 6) is -1.01. The molecule has 0 radical (unpaired) electrons. The number of hydrogen-bond donors (Lipinski definition) is 3. The molecule has 1 unspecified atom stereocenters. The highest BCUT2D eigenvalue weighted by Gasteiger charge is 2.17. The molecule has 0 aliphatic carbocycles. The Labute approximate surface area is 113 Å². The molecule has 0 heterocycles. The van der Waals surface area contributed by atoms with Gasteiger partial charge in [0.2, 0.25) is 11.8 Å². The summed E-state index contributed by atoms with van der Waals surface area (Å²) in [6, 6.07) is 6.62. The quantitative estimate of drug-likeness (QED) is 0.759. The Morgan fingerprint density at radius 2 is 1.74 bits per heavy atom. The fraction of sp³-hybridized carbons (Fsp3) is 0.429. The third-order valence-electron chi connectivity index (χ3n) is 2.78. The smallest absolute Gasteiger partial charge is 0.241 e. The average Bonchev–Trinajstić information content (AvgIpc) is 2.27. The summed E-state index contributed by atoms with van der Waals surface area (Å²) in [6.45, 7) is 6.34. The summed E-state index contributed by atoms with van der Waals surface area (Å²) >= 11 is 0. The molecule has 104 valence electrons. The first-order chi connectivity index (χ1) is 8.70. The Balaban J connectivity index is 2.68. The number of nitrogens with one attached hydrogen (secondary N) is 1. The maximum absolute atomic E-state index is 11.7. The summed E-state index contributed by atoms with van der Waals surface area (Å²) in [6.07, 6.45) is -0.161. The van der Waals surface area contributed by atoms with Crippen molar-refractivity contribution in [1.82, 2.24) is 0 Å². The molecule has 1 rings (SSSR count). The van der Waals surface area contributed by atoms with E-state index in [4.69, 9.17) is 11.5 Å². The maximum Gasteiger partial charge on any atom is 0.241 e. The van der Waals surface area contributed by atoms with Crippen LogP contribution in [0.3, 0.4) is 0 Å². The molecule has 5 N–H and O–H groups in total. The SMILES string of the molecule is CC(C)(C)c1ccc(NC(=O)C(N)CC(N)=O)cc1. The number of benzene rings is 1. The van der Waals surface area contributed by atoms with E-state index in [9.17, 15) is 9.59 Å². The first-order valence-electron chi connectivity index (χ1n) is 6.15. The minimum absolute atomic E-state index is 0.0604. The molecule has 5 heteroatoms. The number of primary amides is 1. The second-order valence-electron chi connectivity index (χ2n) is 5.59. The lowest BCUT2D eigenvalue weighted by atomic mass is 9.87. The zero-order valence-corrected chi connectivity index (χ0v) is 11.6. The van der Waals surface area contributed by atoms with Gasteiger partial charge >= 0.3 is 0 Å². The van der Waals surface area contributed by atoms with Crippen LogP contribution in [0.25, 0.3) is 0 Å². The highest BCUT2D eigenvalue weighted by molar-refractivity contribution is 5.97. The van der Waals surface area contributed by atoms with E-state index in [1.165, 1.54) is 5.56 Å². The van der Waals surface area contributed by atoms with Gasteiger partial charge in [-0.25, -0.2) is 0 Å². The molecular formula is C14H21N3O2. The number of nitrogens with two attached hydrogens (primary N) is 2. The van der Waals surface area contributed by atoms with E-state index >= 15 is 0 Å². The van der Waals surface area contributed by atoms with Gasteiger partial charge in [0.15, 0.2) is 0 Å². The molecule has 1 atom stereocenters. The molecular weight excluding hydrogens is 242 g/mol. The molecule has 5 nitrogen and oxygen atoms in total. The Hall–Kier alpha value is -1.88. The van der Waals surface area contributed by atoms with Crippen LogP contribution in [-0.2, 0) is 15.0 Å². The van der Waals surface area contributed by atoms with Crippen molar-refractivity contribution in [2.45, 2.75) is 38.6 Å². The molecule has 2 amide bonds. The molecule has 0 aliphatic rings. The summed E-state index contributed by atoms with van der Waals surface area (Å²) in [4.78, 5) is 22.4. The third kappa shape index (κ3) is 4.71. The molecule has 0 spiro atoms. The van der Waals surface area contributed by atoms with Crippen molar-refractivity contribution in [1.29, 1.82) is 0 Å². The predicted octanol–water partition coefficient (Wildman–Crippen LogP) is 1.13. The van der Waals surface area contributed by atoms with Gasteiger partial charge in [0.25, 0.3) is 0 Å². The second kappa shape index (κ2) is 5.84. The average molecular weight is 263 g/mol. The minimum atomic E-state index is -0.917. The van der Waals surface area contributed by atoms with Gasteiger partial charge in [0, 0.05) is 5.69 Å². The lowest BCUT2D eigenvalue weighted by Crippen LogP contribution is -2.38. The number of carbonyl (C=O) groups excluding carboxylic acids is 2. The molecule has 0 bridgehead atoms. The van der Waals surface area contributed by atoms with E-state index in [-0.39, 0.29) is 11.8 Å². The zero-order chi connectivity index (χ0) is 14.6. The number of anilines is 1. The van der Waals surface area contributed by atoms with Gasteiger partial charge in [-0.1, -0.05) is 32.9 Å². The van der Waals surface area contributed by atoms with Crippen LogP contribution in [0.2, 0.25) is 0 Å². The number of rotatable bonds is 4. The third-order valence-corrected chi connectivity index (χ3v) is 2.78. The lowest BCUT2D eigenvalue weighted by Gasteiger charge is -2.19. The topological polar surface area (TPSA) is 98.2 Å². The molecule has 0 aromatic heterocycles. The van der Waals surface area contributed by atoms with Crippen molar-refractivity contribution in [2.75, 3.05) is 5.32 Å². The van der Waals surface area contributed by atoms with Crippen LogP contribution >= 0.6 is 0 Å². The molecule has 0 aliphatic heterocycles. The van der Waals surface area contributed by atoms with Crippen molar-refractivity contribution in [2.24, 2.45) is 11.5 Å². The van der Waals surface area contributed by atoms with Crippen molar-refractivity contribution in [3.8, 4) is 0 Å². The number of hydrogen-bond acceptors (Lipinski definition) is 3. The number of amides is 2. The van der Waals surface area contributed by atoms with Crippen LogP contribution in [0.15, 0.2) is 24.3 Å². The van der Waals surface area contributed by atoms with Crippen molar-refractivity contribution in [3.05, 3.63) is 29.8 Å². The van der Waals surface area contributed by atoms with E-state index in [0.717, 1.165) is 0 Å². The molecule has 0 fully saturated rings. The normalized spacial score (nSPS) is 12.8.